The first-order valence-corrected chi connectivity index (χ1v) is 10.1. The number of hydrogen-bond acceptors (Lipinski definition) is 3. The molecule has 1 aliphatic rings. The fourth-order valence-electron chi connectivity index (χ4n) is 2.78. The number of sulfonamides is 1. The Bertz CT molecular complexity index is 973. The second kappa shape index (κ2) is 7.71. The van der Waals surface area contributed by atoms with Crippen LogP contribution in [-0.2, 0) is 10.0 Å². The van der Waals surface area contributed by atoms with Gasteiger partial charge >= 0.3 is 0 Å². The van der Waals surface area contributed by atoms with Gasteiger partial charge in [-0.2, -0.15) is 4.31 Å². The number of carbonyl (C=O) groups excluding carboxylic acids is 1. The first-order valence-electron chi connectivity index (χ1n) is 7.90. The van der Waals surface area contributed by atoms with Crippen molar-refractivity contribution in [2.75, 3.05) is 26.2 Å². The van der Waals surface area contributed by atoms with Crippen LogP contribution in [0.5, 0.6) is 0 Å². The van der Waals surface area contributed by atoms with Crippen LogP contribution in [0.3, 0.4) is 0 Å². The van der Waals surface area contributed by atoms with E-state index in [1.807, 2.05) is 0 Å². The lowest BCUT2D eigenvalue weighted by Crippen LogP contribution is -2.50. The van der Waals surface area contributed by atoms with Crippen LogP contribution in [-0.4, -0.2) is 49.7 Å². The van der Waals surface area contributed by atoms with Crippen molar-refractivity contribution < 1.29 is 22.0 Å². The molecule has 0 bridgehead atoms. The maximum atomic E-state index is 13.8. The van der Waals surface area contributed by atoms with Crippen molar-refractivity contribution in [2.24, 2.45) is 0 Å². The van der Waals surface area contributed by atoms with E-state index in [9.17, 15) is 22.0 Å². The zero-order valence-corrected chi connectivity index (χ0v) is 16.2. The molecule has 2 aromatic carbocycles. The molecule has 0 unspecified atom stereocenters. The molecule has 1 aliphatic heterocycles. The minimum atomic E-state index is -3.83. The molecule has 27 heavy (non-hydrogen) atoms. The molecular formula is C17H14Cl2F2N2O3S. The van der Waals surface area contributed by atoms with E-state index in [1.54, 1.807) is 0 Å². The van der Waals surface area contributed by atoms with Gasteiger partial charge in [-0.1, -0.05) is 29.3 Å². The standard InChI is InChI=1S/C17H14Cl2F2N2O3S/c18-12-5-4-11(10-13(12)19)27(25,26)23-8-6-22(7-9-23)17(24)16-14(20)2-1-3-15(16)21/h1-5,10H,6-9H2. The highest BCUT2D eigenvalue weighted by molar-refractivity contribution is 7.89. The number of halogens is 4. The van der Waals surface area contributed by atoms with E-state index in [1.165, 1.54) is 33.5 Å². The third-order valence-electron chi connectivity index (χ3n) is 4.23. The lowest BCUT2D eigenvalue weighted by molar-refractivity contribution is 0.0688. The van der Waals surface area contributed by atoms with Gasteiger partial charge in [0.2, 0.25) is 10.0 Å². The highest BCUT2D eigenvalue weighted by Crippen LogP contribution is 2.27. The maximum Gasteiger partial charge on any atom is 0.259 e. The second-order valence-electron chi connectivity index (χ2n) is 5.87. The number of carbonyl (C=O) groups is 1. The molecule has 0 aromatic heterocycles. The smallest absolute Gasteiger partial charge is 0.259 e. The van der Waals surface area contributed by atoms with Gasteiger partial charge in [0.1, 0.15) is 17.2 Å². The fraction of sp³-hybridized carbons (Fsp3) is 0.235. The summed E-state index contributed by atoms with van der Waals surface area (Å²) >= 11 is 11.7. The molecular weight excluding hydrogens is 421 g/mol. The molecule has 0 aliphatic carbocycles. The number of amides is 1. The summed E-state index contributed by atoms with van der Waals surface area (Å²) < 4.78 is 54.2. The van der Waals surface area contributed by atoms with Crippen LogP contribution in [0.2, 0.25) is 10.0 Å². The first-order chi connectivity index (χ1) is 12.7. The van der Waals surface area contributed by atoms with Crippen LogP contribution >= 0.6 is 23.2 Å². The van der Waals surface area contributed by atoms with Crippen molar-refractivity contribution >= 4 is 39.1 Å². The second-order valence-corrected chi connectivity index (χ2v) is 8.62. The van der Waals surface area contributed by atoms with Gasteiger partial charge in [-0.25, -0.2) is 17.2 Å². The molecule has 5 nitrogen and oxygen atoms in total. The molecule has 1 heterocycles. The summed E-state index contributed by atoms with van der Waals surface area (Å²) in [5.74, 6) is -2.71. The normalized spacial score (nSPS) is 15.8. The highest BCUT2D eigenvalue weighted by Gasteiger charge is 2.32. The van der Waals surface area contributed by atoms with E-state index < -0.39 is 33.1 Å². The van der Waals surface area contributed by atoms with Crippen LogP contribution in [0.4, 0.5) is 8.78 Å². The largest absolute Gasteiger partial charge is 0.336 e. The maximum absolute atomic E-state index is 13.8. The van der Waals surface area contributed by atoms with E-state index in [2.05, 4.69) is 0 Å². The average molecular weight is 435 g/mol. The SMILES string of the molecule is O=C(c1c(F)cccc1F)N1CCN(S(=O)(=O)c2ccc(Cl)c(Cl)c2)CC1. The van der Waals surface area contributed by atoms with Crippen molar-refractivity contribution in [3.63, 3.8) is 0 Å². The van der Waals surface area contributed by atoms with Crippen LogP contribution in [0.15, 0.2) is 41.3 Å². The topological polar surface area (TPSA) is 57.7 Å². The Morgan fingerprint density at radius 2 is 1.52 bits per heavy atom. The zero-order valence-electron chi connectivity index (χ0n) is 13.8. The molecule has 0 N–H and O–H groups in total. The molecule has 2 aromatic rings. The fourth-order valence-corrected chi connectivity index (χ4v) is 4.59. The van der Waals surface area contributed by atoms with Gasteiger partial charge in [-0.05, 0) is 30.3 Å². The van der Waals surface area contributed by atoms with Gasteiger partial charge in [-0.3, -0.25) is 4.79 Å². The zero-order chi connectivity index (χ0) is 19.8. The van der Waals surface area contributed by atoms with Gasteiger partial charge in [0.15, 0.2) is 0 Å². The Kier molecular flexibility index (Phi) is 5.71. The molecule has 10 heteroatoms. The van der Waals surface area contributed by atoms with Crippen LogP contribution < -0.4 is 0 Å². The molecule has 3 rings (SSSR count). The number of nitrogens with zero attached hydrogens (tertiary/aromatic N) is 2. The van der Waals surface area contributed by atoms with E-state index in [4.69, 9.17) is 23.2 Å². The van der Waals surface area contributed by atoms with Gasteiger partial charge in [0, 0.05) is 26.2 Å². The Hall–Kier alpha value is -1.74. The number of piperazine rings is 1. The minimum absolute atomic E-state index is 0.00710. The van der Waals surface area contributed by atoms with Gasteiger partial charge in [0.05, 0.1) is 14.9 Å². The molecule has 0 radical (unpaired) electrons. The Morgan fingerprint density at radius 3 is 2.07 bits per heavy atom. The molecule has 1 amide bonds. The summed E-state index contributed by atoms with van der Waals surface area (Å²) in [7, 11) is -3.83. The molecule has 0 spiro atoms. The van der Waals surface area contributed by atoms with Crippen molar-refractivity contribution in [1.82, 2.24) is 9.21 Å². The monoisotopic (exact) mass is 434 g/mol. The van der Waals surface area contributed by atoms with E-state index in [0.717, 1.165) is 12.1 Å². The van der Waals surface area contributed by atoms with Crippen molar-refractivity contribution in [3.8, 4) is 0 Å². The number of rotatable bonds is 3. The Balaban J connectivity index is 1.75. The minimum Gasteiger partial charge on any atom is -0.336 e. The summed E-state index contributed by atoms with van der Waals surface area (Å²) in [4.78, 5) is 13.6. The lowest BCUT2D eigenvalue weighted by atomic mass is 10.1. The van der Waals surface area contributed by atoms with E-state index in [-0.39, 0.29) is 41.1 Å². The third-order valence-corrected chi connectivity index (χ3v) is 6.86. The van der Waals surface area contributed by atoms with Gasteiger partial charge in [0.25, 0.3) is 5.91 Å². The molecule has 1 saturated heterocycles. The summed E-state index contributed by atoms with van der Waals surface area (Å²) in [6.07, 6.45) is 0. The summed E-state index contributed by atoms with van der Waals surface area (Å²) in [5.41, 5.74) is -0.640. The number of benzene rings is 2. The predicted octanol–water partition coefficient (Wildman–Crippen LogP) is 3.42. The van der Waals surface area contributed by atoms with Gasteiger partial charge < -0.3 is 4.90 Å². The average Bonchev–Trinajstić information content (AvgIpc) is 2.63. The lowest BCUT2D eigenvalue weighted by Gasteiger charge is -2.34. The highest BCUT2D eigenvalue weighted by atomic mass is 35.5. The van der Waals surface area contributed by atoms with E-state index in [0.29, 0.717) is 0 Å². The van der Waals surface area contributed by atoms with Crippen LogP contribution in [0.25, 0.3) is 0 Å². The van der Waals surface area contributed by atoms with Crippen LogP contribution in [0.1, 0.15) is 10.4 Å². The van der Waals surface area contributed by atoms with Crippen LogP contribution in [0, 0.1) is 11.6 Å². The Morgan fingerprint density at radius 1 is 0.926 bits per heavy atom. The van der Waals surface area contributed by atoms with Crippen molar-refractivity contribution in [2.45, 2.75) is 4.90 Å². The molecule has 1 fully saturated rings. The van der Waals surface area contributed by atoms with Crippen molar-refractivity contribution in [3.05, 3.63) is 63.6 Å². The first kappa shape index (κ1) is 20.0. The third kappa shape index (κ3) is 3.94. The predicted molar refractivity (Wildman–Crippen MR) is 97.5 cm³/mol. The molecule has 0 atom stereocenters. The molecule has 0 saturated carbocycles. The molecule has 144 valence electrons. The Labute approximate surface area is 165 Å². The van der Waals surface area contributed by atoms with E-state index >= 15 is 0 Å². The quantitative estimate of drug-likeness (QED) is 0.743. The number of hydrogen-bond donors (Lipinski definition) is 0. The van der Waals surface area contributed by atoms with Gasteiger partial charge in [-0.15, -0.1) is 0 Å². The summed E-state index contributed by atoms with van der Waals surface area (Å²) in [6, 6.07) is 7.16. The van der Waals surface area contributed by atoms with Crippen molar-refractivity contribution in [1.29, 1.82) is 0 Å². The summed E-state index contributed by atoms with van der Waals surface area (Å²) in [5, 5.41) is 0.347. The summed E-state index contributed by atoms with van der Waals surface area (Å²) in [6.45, 7) is -0.00486.